The third-order valence-corrected chi connectivity index (χ3v) is 4.74. The van der Waals surface area contributed by atoms with Crippen molar-refractivity contribution in [3.8, 4) is 0 Å². The summed E-state index contributed by atoms with van der Waals surface area (Å²) in [6.45, 7) is 1.09. The summed E-state index contributed by atoms with van der Waals surface area (Å²) in [7, 11) is 0. The summed E-state index contributed by atoms with van der Waals surface area (Å²) in [6, 6.07) is 15.4. The van der Waals surface area contributed by atoms with E-state index in [1.165, 1.54) is 29.8 Å². The number of likely N-dealkylation sites (tertiary alicyclic amines) is 1. The van der Waals surface area contributed by atoms with Crippen LogP contribution in [0.15, 0.2) is 54.6 Å². The summed E-state index contributed by atoms with van der Waals surface area (Å²) in [4.78, 5) is 25.9. The monoisotopic (exact) mass is 355 g/mol. The van der Waals surface area contributed by atoms with Gasteiger partial charge in [0.25, 0.3) is 5.91 Å². The molecule has 0 spiro atoms. The van der Waals surface area contributed by atoms with Crippen molar-refractivity contribution in [3.05, 3.63) is 71.5 Å². The highest BCUT2D eigenvalue weighted by Gasteiger charge is 2.23. The Labute approximate surface area is 152 Å². The SMILES string of the molecule is O=C(OCC(=O)N1CCC(Cc2ccccc2)CC1)c1ccc(F)cc1. The molecule has 1 fully saturated rings. The molecule has 0 N–H and O–H groups in total. The fraction of sp³-hybridized carbons (Fsp3) is 0.333. The van der Waals surface area contributed by atoms with Crippen LogP contribution in [0.5, 0.6) is 0 Å². The average molecular weight is 355 g/mol. The maximum atomic E-state index is 12.9. The van der Waals surface area contributed by atoms with E-state index in [0.717, 1.165) is 19.3 Å². The second-order valence-corrected chi connectivity index (χ2v) is 6.60. The molecule has 1 heterocycles. The van der Waals surface area contributed by atoms with Gasteiger partial charge in [0.1, 0.15) is 5.82 Å². The maximum Gasteiger partial charge on any atom is 0.338 e. The van der Waals surface area contributed by atoms with E-state index in [4.69, 9.17) is 4.74 Å². The van der Waals surface area contributed by atoms with Crippen molar-refractivity contribution in [2.75, 3.05) is 19.7 Å². The van der Waals surface area contributed by atoms with E-state index in [1.807, 2.05) is 18.2 Å². The van der Waals surface area contributed by atoms with Gasteiger partial charge in [-0.15, -0.1) is 0 Å². The molecule has 0 saturated carbocycles. The summed E-state index contributed by atoms with van der Waals surface area (Å²) in [5, 5.41) is 0. The number of halogens is 1. The number of rotatable bonds is 5. The van der Waals surface area contributed by atoms with Gasteiger partial charge in [-0.05, 0) is 55.0 Å². The first-order valence-corrected chi connectivity index (χ1v) is 8.86. The van der Waals surface area contributed by atoms with Crippen molar-refractivity contribution in [2.24, 2.45) is 5.92 Å². The van der Waals surface area contributed by atoms with E-state index >= 15 is 0 Å². The molecule has 0 radical (unpaired) electrons. The summed E-state index contributed by atoms with van der Waals surface area (Å²) < 4.78 is 17.9. The zero-order valence-corrected chi connectivity index (χ0v) is 14.6. The molecule has 2 aromatic carbocycles. The lowest BCUT2D eigenvalue weighted by atomic mass is 9.90. The van der Waals surface area contributed by atoms with Crippen LogP contribution in [0.2, 0.25) is 0 Å². The summed E-state index contributed by atoms with van der Waals surface area (Å²) in [5.41, 5.74) is 1.56. The predicted octanol–water partition coefficient (Wildman–Crippen LogP) is 3.46. The quantitative estimate of drug-likeness (QED) is 0.772. The predicted molar refractivity (Wildman–Crippen MR) is 96.1 cm³/mol. The van der Waals surface area contributed by atoms with Gasteiger partial charge in [-0.2, -0.15) is 0 Å². The maximum absolute atomic E-state index is 12.9. The van der Waals surface area contributed by atoms with Crippen LogP contribution < -0.4 is 0 Å². The molecule has 2 aromatic rings. The van der Waals surface area contributed by atoms with Crippen LogP contribution >= 0.6 is 0 Å². The summed E-state index contributed by atoms with van der Waals surface area (Å²) in [5.74, 6) is -0.643. The van der Waals surface area contributed by atoms with Crippen molar-refractivity contribution in [2.45, 2.75) is 19.3 Å². The first-order valence-electron chi connectivity index (χ1n) is 8.86. The normalized spacial score (nSPS) is 14.9. The van der Waals surface area contributed by atoms with E-state index in [9.17, 15) is 14.0 Å². The minimum absolute atomic E-state index is 0.182. The van der Waals surface area contributed by atoms with Gasteiger partial charge in [0.2, 0.25) is 0 Å². The Kier molecular flexibility index (Phi) is 6.00. The molecule has 0 aliphatic carbocycles. The fourth-order valence-corrected chi connectivity index (χ4v) is 3.22. The van der Waals surface area contributed by atoms with Gasteiger partial charge in [-0.25, -0.2) is 9.18 Å². The molecule has 3 rings (SSSR count). The molecule has 0 bridgehead atoms. The highest BCUT2D eigenvalue weighted by Crippen LogP contribution is 2.21. The molecular weight excluding hydrogens is 333 g/mol. The molecule has 5 heteroatoms. The Hall–Kier alpha value is -2.69. The molecule has 4 nitrogen and oxygen atoms in total. The third kappa shape index (κ3) is 4.91. The number of benzene rings is 2. The molecular formula is C21H22FNO3. The second kappa shape index (κ2) is 8.61. The van der Waals surface area contributed by atoms with Crippen molar-refractivity contribution < 1.29 is 18.7 Å². The molecule has 136 valence electrons. The lowest BCUT2D eigenvalue weighted by Crippen LogP contribution is -2.41. The minimum atomic E-state index is -0.614. The lowest BCUT2D eigenvalue weighted by Gasteiger charge is -2.32. The Balaban J connectivity index is 1.42. The first-order chi connectivity index (χ1) is 12.6. The van der Waals surface area contributed by atoms with Gasteiger partial charge in [-0.3, -0.25) is 4.79 Å². The number of hydrogen-bond donors (Lipinski definition) is 0. The third-order valence-electron chi connectivity index (χ3n) is 4.74. The van der Waals surface area contributed by atoms with Crippen molar-refractivity contribution >= 4 is 11.9 Å². The molecule has 1 amide bonds. The molecule has 1 saturated heterocycles. The fourth-order valence-electron chi connectivity index (χ4n) is 3.22. The van der Waals surface area contributed by atoms with Crippen LogP contribution in [0.25, 0.3) is 0 Å². The van der Waals surface area contributed by atoms with Gasteiger partial charge in [-0.1, -0.05) is 30.3 Å². The van der Waals surface area contributed by atoms with Crippen LogP contribution in [0, 0.1) is 11.7 Å². The molecule has 0 atom stereocenters. The van der Waals surface area contributed by atoms with Gasteiger partial charge in [0.05, 0.1) is 5.56 Å². The van der Waals surface area contributed by atoms with Crippen LogP contribution in [0.4, 0.5) is 4.39 Å². The van der Waals surface area contributed by atoms with Crippen LogP contribution in [0.1, 0.15) is 28.8 Å². The highest BCUT2D eigenvalue weighted by molar-refractivity contribution is 5.91. The molecule has 1 aliphatic heterocycles. The summed E-state index contributed by atoms with van der Waals surface area (Å²) >= 11 is 0. The standard InChI is InChI=1S/C21H22FNO3/c22-19-8-6-18(7-9-19)21(25)26-15-20(24)23-12-10-17(11-13-23)14-16-4-2-1-3-5-16/h1-9,17H,10-15H2. The molecule has 1 aliphatic rings. The number of ether oxygens (including phenoxy) is 1. The number of nitrogens with zero attached hydrogens (tertiary/aromatic N) is 1. The second-order valence-electron chi connectivity index (χ2n) is 6.60. The van der Waals surface area contributed by atoms with Crippen LogP contribution in [-0.4, -0.2) is 36.5 Å². The Morgan fingerprint density at radius 1 is 1.00 bits per heavy atom. The zero-order valence-electron chi connectivity index (χ0n) is 14.6. The Bertz CT molecular complexity index is 738. The van der Waals surface area contributed by atoms with Gasteiger partial charge in [0, 0.05) is 13.1 Å². The zero-order chi connectivity index (χ0) is 18.4. The van der Waals surface area contributed by atoms with E-state index in [-0.39, 0.29) is 18.1 Å². The van der Waals surface area contributed by atoms with Crippen molar-refractivity contribution in [1.82, 2.24) is 4.90 Å². The van der Waals surface area contributed by atoms with Crippen molar-refractivity contribution in [3.63, 3.8) is 0 Å². The Morgan fingerprint density at radius 3 is 2.31 bits per heavy atom. The first kappa shape index (κ1) is 18.1. The topological polar surface area (TPSA) is 46.6 Å². The van der Waals surface area contributed by atoms with Crippen molar-refractivity contribution in [1.29, 1.82) is 0 Å². The van der Waals surface area contributed by atoms with Crippen LogP contribution in [0.3, 0.4) is 0 Å². The lowest BCUT2D eigenvalue weighted by molar-refractivity contribution is -0.135. The Morgan fingerprint density at radius 2 is 1.65 bits per heavy atom. The number of carbonyl (C=O) groups excluding carboxylic acids is 2. The molecule has 0 aromatic heterocycles. The number of carbonyl (C=O) groups is 2. The molecule has 0 unspecified atom stereocenters. The van der Waals surface area contributed by atoms with Gasteiger partial charge >= 0.3 is 5.97 Å². The number of amides is 1. The minimum Gasteiger partial charge on any atom is -0.452 e. The largest absolute Gasteiger partial charge is 0.452 e. The van der Waals surface area contributed by atoms with Gasteiger partial charge in [0.15, 0.2) is 6.61 Å². The number of hydrogen-bond acceptors (Lipinski definition) is 3. The molecule has 26 heavy (non-hydrogen) atoms. The average Bonchev–Trinajstić information content (AvgIpc) is 2.68. The van der Waals surface area contributed by atoms with Gasteiger partial charge < -0.3 is 9.64 Å². The smallest absolute Gasteiger partial charge is 0.338 e. The number of piperidine rings is 1. The van der Waals surface area contributed by atoms with E-state index in [0.29, 0.717) is 19.0 Å². The summed E-state index contributed by atoms with van der Waals surface area (Å²) in [6.07, 6.45) is 2.93. The highest BCUT2D eigenvalue weighted by atomic mass is 19.1. The van der Waals surface area contributed by atoms with E-state index in [1.54, 1.807) is 4.90 Å². The van der Waals surface area contributed by atoms with E-state index < -0.39 is 11.8 Å². The van der Waals surface area contributed by atoms with E-state index in [2.05, 4.69) is 12.1 Å². The number of esters is 1. The van der Waals surface area contributed by atoms with Crippen LogP contribution in [-0.2, 0) is 16.0 Å².